The summed E-state index contributed by atoms with van der Waals surface area (Å²) in [4.78, 5) is 0. The quantitative estimate of drug-likeness (QED) is 0.901. The van der Waals surface area contributed by atoms with Crippen LogP contribution >= 0.6 is 15.9 Å². The average molecular weight is 292 g/mol. The van der Waals surface area contributed by atoms with Crippen molar-refractivity contribution in [2.75, 3.05) is 12.8 Å². The number of nitrogens with one attached hydrogen (secondary N) is 1. The molecule has 0 unspecified atom stereocenters. The fourth-order valence-corrected chi connectivity index (χ4v) is 2.47. The number of halogens is 1. The molecule has 3 nitrogen and oxygen atoms in total. The smallest absolute Gasteiger partial charge is 0.211 e. The van der Waals surface area contributed by atoms with Gasteiger partial charge in [-0.2, -0.15) is 0 Å². The van der Waals surface area contributed by atoms with E-state index in [4.69, 9.17) is 0 Å². The third-order valence-electron chi connectivity index (χ3n) is 2.13. The minimum absolute atomic E-state index is 0.171. The normalized spacial score (nSPS) is 11.6. The molecule has 0 aliphatic carbocycles. The van der Waals surface area contributed by atoms with Crippen LogP contribution in [0.5, 0.6) is 0 Å². The minimum Gasteiger partial charge on any atom is -0.218 e. The Bertz CT molecular complexity index is 417. The summed E-state index contributed by atoms with van der Waals surface area (Å²) >= 11 is 3.43. The summed E-state index contributed by atoms with van der Waals surface area (Å²) in [5.74, 6) is 0.171. The van der Waals surface area contributed by atoms with Crippen LogP contribution in [-0.2, 0) is 16.4 Å². The summed E-state index contributed by atoms with van der Waals surface area (Å²) in [6, 6.07) is 7.85. The molecule has 0 saturated carbocycles. The monoisotopic (exact) mass is 291 g/mol. The Morgan fingerprint density at radius 2 is 2.00 bits per heavy atom. The van der Waals surface area contributed by atoms with E-state index in [1.807, 2.05) is 24.3 Å². The average Bonchev–Trinajstić information content (AvgIpc) is 2.21. The van der Waals surface area contributed by atoms with E-state index in [0.29, 0.717) is 6.42 Å². The molecule has 0 aliphatic rings. The lowest BCUT2D eigenvalue weighted by molar-refractivity contribution is 0.585. The lowest BCUT2D eigenvalue weighted by atomic mass is 10.1. The van der Waals surface area contributed by atoms with Crippen molar-refractivity contribution in [2.45, 2.75) is 12.8 Å². The van der Waals surface area contributed by atoms with E-state index in [1.54, 1.807) is 0 Å². The first-order valence-electron chi connectivity index (χ1n) is 4.70. The second-order valence-electron chi connectivity index (χ2n) is 3.22. The first-order valence-corrected chi connectivity index (χ1v) is 7.14. The van der Waals surface area contributed by atoms with Gasteiger partial charge in [0.25, 0.3) is 0 Å². The molecule has 0 spiro atoms. The lowest BCUT2D eigenvalue weighted by Gasteiger charge is -2.04. The first kappa shape index (κ1) is 12.7. The van der Waals surface area contributed by atoms with Gasteiger partial charge in [0.1, 0.15) is 0 Å². The van der Waals surface area contributed by atoms with Crippen LogP contribution in [0.4, 0.5) is 0 Å². The van der Waals surface area contributed by atoms with Crippen molar-refractivity contribution in [1.82, 2.24) is 4.72 Å². The zero-order valence-electron chi connectivity index (χ0n) is 8.53. The van der Waals surface area contributed by atoms with Crippen LogP contribution in [0.1, 0.15) is 12.0 Å². The van der Waals surface area contributed by atoms with E-state index in [0.717, 1.165) is 16.5 Å². The fourth-order valence-electron chi connectivity index (χ4n) is 1.26. The highest BCUT2D eigenvalue weighted by Crippen LogP contribution is 2.17. The van der Waals surface area contributed by atoms with Crippen LogP contribution in [0.25, 0.3) is 0 Å². The van der Waals surface area contributed by atoms with Gasteiger partial charge in [0.05, 0.1) is 5.75 Å². The molecule has 1 aromatic carbocycles. The molecular weight excluding hydrogens is 278 g/mol. The highest BCUT2D eigenvalue weighted by molar-refractivity contribution is 9.10. The van der Waals surface area contributed by atoms with Crippen molar-refractivity contribution >= 4 is 26.0 Å². The van der Waals surface area contributed by atoms with Gasteiger partial charge >= 0.3 is 0 Å². The molecule has 5 heteroatoms. The molecule has 84 valence electrons. The molecule has 15 heavy (non-hydrogen) atoms. The topological polar surface area (TPSA) is 46.2 Å². The Morgan fingerprint density at radius 1 is 1.33 bits per heavy atom. The fraction of sp³-hybridized carbons (Fsp3) is 0.400. The predicted octanol–water partition coefficient (Wildman–Crippen LogP) is 1.93. The predicted molar refractivity (Wildman–Crippen MR) is 65.3 cm³/mol. The Labute approximate surface area is 99.1 Å². The van der Waals surface area contributed by atoms with Crippen molar-refractivity contribution in [1.29, 1.82) is 0 Å². The van der Waals surface area contributed by atoms with Gasteiger partial charge in [0.15, 0.2) is 0 Å². The van der Waals surface area contributed by atoms with Gasteiger partial charge in [-0.25, -0.2) is 13.1 Å². The van der Waals surface area contributed by atoms with Gasteiger partial charge in [-0.15, -0.1) is 0 Å². The van der Waals surface area contributed by atoms with E-state index < -0.39 is 10.0 Å². The standard InChI is InChI=1S/C10H14BrNO2S/c1-12-15(13,14)8-4-6-9-5-2-3-7-10(9)11/h2-3,5,7,12H,4,6,8H2,1H3. The number of hydrogen-bond acceptors (Lipinski definition) is 2. The van der Waals surface area contributed by atoms with Crippen molar-refractivity contribution in [3.63, 3.8) is 0 Å². The van der Waals surface area contributed by atoms with Crippen molar-refractivity contribution in [2.24, 2.45) is 0 Å². The molecule has 0 radical (unpaired) electrons. The largest absolute Gasteiger partial charge is 0.218 e. The Balaban J connectivity index is 2.49. The number of rotatable bonds is 5. The lowest BCUT2D eigenvalue weighted by Crippen LogP contribution is -2.22. The molecule has 1 aromatic rings. The van der Waals surface area contributed by atoms with Gasteiger partial charge < -0.3 is 0 Å². The zero-order valence-corrected chi connectivity index (χ0v) is 10.9. The molecule has 0 fully saturated rings. The minimum atomic E-state index is -3.07. The molecule has 0 amide bonds. The number of aryl methyl sites for hydroxylation is 1. The summed E-state index contributed by atoms with van der Waals surface area (Å²) in [7, 11) is -1.63. The molecular formula is C10H14BrNO2S. The van der Waals surface area contributed by atoms with Crippen LogP contribution in [0, 0.1) is 0 Å². The number of benzene rings is 1. The van der Waals surface area contributed by atoms with Gasteiger partial charge in [-0.1, -0.05) is 34.1 Å². The summed E-state index contributed by atoms with van der Waals surface area (Å²) in [5, 5.41) is 0. The maximum absolute atomic E-state index is 11.2. The van der Waals surface area contributed by atoms with Gasteiger partial charge in [0.2, 0.25) is 10.0 Å². The molecule has 0 aliphatic heterocycles. The summed E-state index contributed by atoms with van der Waals surface area (Å²) in [6.07, 6.45) is 1.40. The molecule has 1 N–H and O–H groups in total. The van der Waals surface area contributed by atoms with Crippen molar-refractivity contribution in [3.05, 3.63) is 34.3 Å². The Kier molecular flexibility index (Phi) is 4.76. The van der Waals surface area contributed by atoms with Crippen molar-refractivity contribution in [3.8, 4) is 0 Å². The maximum atomic E-state index is 11.2. The molecule has 0 saturated heterocycles. The third-order valence-corrected chi connectivity index (χ3v) is 4.35. The van der Waals surface area contributed by atoms with E-state index in [9.17, 15) is 8.42 Å². The Morgan fingerprint density at radius 3 is 2.60 bits per heavy atom. The molecule has 0 bridgehead atoms. The first-order chi connectivity index (χ1) is 7.05. The van der Waals surface area contributed by atoms with Crippen molar-refractivity contribution < 1.29 is 8.42 Å². The SMILES string of the molecule is CNS(=O)(=O)CCCc1ccccc1Br. The van der Waals surface area contributed by atoms with Crippen LogP contribution in [0.3, 0.4) is 0 Å². The molecule has 0 aromatic heterocycles. The van der Waals surface area contributed by atoms with E-state index >= 15 is 0 Å². The second-order valence-corrected chi connectivity index (χ2v) is 6.12. The van der Waals surface area contributed by atoms with Crippen LogP contribution in [0.2, 0.25) is 0 Å². The summed E-state index contributed by atoms with van der Waals surface area (Å²) < 4.78 is 25.6. The molecule has 1 rings (SSSR count). The Hall–Kier alpha value is -0.390. The number of sulfonamides is 1. The van der Waals surface area contributed by atoms with E-state index in [1.165, 1.54) is 7.05 Å². The van der Waals surface area contributed by atoms with E-state index in [2.05, 4.69) is 20.7 Å². The van der Waals surface area contributed by atoms with Gasteiger partial charge in [0, 0.05) is 4.47 Å². The molecule has 0 heterocycles. The zero-order chi connectivity index (χ0) is 11.3. The maximum Gasteiger partial charge on any atom is 0.211 e. The highest BCUT2D eigenvalue weighted by atomic mass is 79.9. The second kappa shape index (κ2) is 5.63. The number of hydrogen-bond donors (Lipinski definition) is 1. The third kappa shape index (κ3) is 4.32. The van der Waals surface area contributed by atoms with Gasteiger partial charge in [-0.05, 0) is 31.5 Å². The van der Waals surface area contributed by atoms with Crippen LogP contribution in [-0.4, -0.2) is 21.2 Å². The van der Waals surface area contributed by atoms with E-state index in [-0.39, 0.29) is 5.75 Å². The van der Waals surface area contributed by atoms with Gasteiger partial charge in [-0.3, -0.25) is 0 Å². The van der Waals surface area contributed by atoms with Crippen LogP contribution < -0.4 is 4.72 Å². The summed E-state index contributed by atoms with van der Waals surface area (Å²) in [6.45, 7) is 0. The highest BCUT2D eigenvalue weighted by Gasteiger charge is 2.06. The van der Waals surface area contributed by atoms with Crippen LogP contribution in [0.15, 0.2) is 28.7 Å². The molecule has 0 atom stereocenters. The summed E-state index contributed by atoms with van der Waals surface area (Å²) in [5.41, 5.74) is 1.14.